The number of piperazine rings is 1. The van der Waals surface area contributed by atoms with E-state index in [0.717, 1.165) is 42.9 Å². The number of halogens is 1. The summed E-state index contributed by atoms with van der Waals surface area (Å²) in [6.45, 7) is 3.10. The van der Waals surface area contributed by atoms with Gasteiger partial charge in [0.15, 0.2) is 0 Å². The standard InChI is InChI=1S/C19H18FN5O.CH4/c20-13-2-1-3-14(10-13)24-6-8-25(9-7-24)17-5-4-15(19(21)26)18-16(17)11-22-12-23-18;/h1-5,10-12H,6-9H2,(H2,21,26);1H4. The van der Waals surface area contributed by atoms with Crippen LogP contribution in [0.2, 0.25) is 0 Å². The van der Waals surface area contributed by atoms with Crippen LogP contribution in [-0.2, 0) is 0 Å². The van der Waals surface area contributed by atoms with Crippen LogP contribution in [0.3, 0.4) is 0 Å². The van der Waals surface area contributed by atoms with Gasteiger partial charge in [-0.1, -0.05) is 13.5 Å². The molecule has 3 aromatic rings. The molecule has 0 aliphatic carbocycles. The highest BCUT2D eigenvalue weighted by molar-refractivity contribution is 6.07. The second kappa shape index (κ2) is 7.57. The summed E-state index contributed by atoms with van der Waals surface area (Å²) < 4.78 is 13.5. The van der Waals surface area contributed by atoms with E-state index in [0.29, 0.717) is 11.1 Å². The third kappa shape index (κ3) is 3.53. The highest BCUT2D eigenvalue weighted by Crippen LogP contribution is 2.29. The van der Waals surface area contributed by atoms with Crippen molar-refractivity contribution >= 4 is 28.2 Å². The van der Waals surface area contributed by atoms with E-state index in [1.54, 1.807) is 24.4 Å². The Hall–Kier alpha value is -3.22. The van der Waals surface area contributed by atoms with Crippen LogP contribution in [0.1, 0.15) is 17.8 Å². The third-order valence-corrected chi connectivity index (χ3v) is 4.71. The predicted octanol–water partition coefficient (Wildman–Crippen LogP) is 2.83. The third-order valence-electron chi connectivity index (χ3n) is 4.71. The largest absolute Gasteiger partial charge is 0.368 e. The van der Waals surface area contributed by atoms with Crippen molar-refractivity contribution in [2.24, 2.45) is 5.73 Å². The van der Waals surface area contributed by atoms with Gasteiger partial charge in [-0.3, -0.25) is 4.79 Å². The predicted molar refractivity (Wildman–Crippen MR) is 106 cm³/mol. The molecule has 6 nitrogen and oxygen atoms in total. The SMILES string of the molecule is C.NC(=O)c1ccc(N2CCN(c3cccc(F)c3)CC2)c2cncnc12. The lowest BCUT2D eigenvalue weighted by Gasteiger charge is -2.37. The number of anilines is 2. The molecule has 0 saturated carbocycles. The molecule has 2 aromatic carbocycles. The summed E-state index contributed by atoms with van der Waals surface area (Å²) in [5.74, 6) is -0.730. The van der Waals surface area contributed by atoms with Crippen LogP contribution in [-0.4, -0.2) is 42.1 Å². The number of rotatable bonds is 3. The average molecular weight is 367 g/mol. The molecule has 4 rings (SSSR count). The highest BCUT2D eigenvalue weighted by atomic mass is 19.1. The summed E-state index contributed by atoms with van der Waals surface area (Å²) in [5, 5.41) is 0.808. The molecule has 2 heterocycles. The second-order valence-corrected chi connectivity index (χ2v) is 6.24. The van der Waals surface area contributed by atoms with Crippen molar-refractivity contribution in [2.75, 3.05) is 36.0 Å². The number of nitrogens with two attached hydrogens (primary N) is 1. The molecule has 2 N–H and O–H groups in total. The van der Waals surface area contributed by atoms with Crippen molar-refractivity contribution in [3.05, 3.63) is 60.3 Å². The number of amides is 1. The first-order chi connectivity index (χ1) is 12.6. The summed E-state index contributed by atoms with van der Waals surface area (Å²) in [4.78, 5) is 24.4. The number of hydrogen-bond donors (Lipinski definition) is 1. The molecule has 1 amide bonds. The number of carbonyl (C=O) groups excluding carboxylic acids is 1. The van der Waals surface area contributed by atoms with E-state index in [1.807, 2.05) is 12.1 Å². The maximum Gasteiger partial charge on any atom is 0.250 e. The van der Waals surface area contributed by atoms with Gasteiger partial charge in [0.25, 0.3) is 5.91 Å². The van der Waals surface area contributed by atoms with Gasteiger partial charge in [-0.25, -0.2) is 14.4 Å². The molecule has 0 bridgehead atoms. The fraction of sp³-hybridized carbons (Fsp3) is 0.250. The lowest BCUT2D eigenvalue weighted by molar-refractivity contribution is 0.100. The first-order valence-electron chi connectivity index (χ1n) is 8.41. The van der Waals surface area contributed by atoms with Crippen molar-refractivity contribution in [1.29, 1.82) is 0 Å². The number of aromatic nitrogens is 2. The molecule has 7 heteroatoms. The van der Waals surface area contributed by atoms with Crippen LogP contribution in [0.5, 0.6) is 0 Å². The molecule has 140 valence electrons. The maximum absolute atomic E-state index is 13.5. The molecule has 0 radical (unpaired) electrons. The van der Waals surface area contributed by atoms with Crippen LogP contribution in [0, 0.1) is 5.82 Å². The van der Waals surface area contributed by atoms with Gasteiger partial charge in [-0.15, -0.1) is 0 Å². The Bertz CT molecular complexity index is 969. The fourth-order valence-corrected chi connectivity index (χ4v) is 3.42. The molecular weight excluding hydrogens is 345 g/mol. The first kappa shape index (κ1) is 18.6. The van der Waals surface area contributed by atoms with Crippen molar-refractivity contribution in [2.45, 2.75) is 7.43 Å². The van der Waals surface area contributed by atoms with E-state index in [-0.39, 0.29) is 13.2 Å². The van der Waals surface area contributed by atoms with Gasteiger partial charge >= 0.3 is 0 Å². The lowest BCUT2D eigenvalue weighted by Crippen LogP contribution is -2.46. The van der Waals surface area contributed by atoms with Crippen LogP contribution in [0.15, 0.2) is 48.9 Å². The topological polar surface area (TPSA) is 75.4 Å². The molecule has 1 saturated heterocycles. The average Bonchev–Trinajstić information content (AvgIpc) is 2.67. The minimum atomic E-state index is -0.504. The molecular formula is C20H22FN5O. The lowest BCUT2D eigenvalue weighted by atomic mass is 10.1. The Morgan fingerprint density at radius 2 is 1.81 bits per heavy atom. The Morgan fingerprint density at radius 1 is 1.07 bits per heavy atom. The van der Waals surface area contributed by atoms with Crippen LogP contribution >= 0.6 is 0 Å². The quantitative estimate of drug-likeness (QED) is 0.770. The summed E-state index contributed by atoms with van der Waals surface area (Å²) in [7, 11) is 0. The molecule has 1 fully saturated rings. The van der Waals surface area contributed by atoms with Crippen LogP contribution in [0.25, 0.3) is 10.9 Å². The van der Waals surface area contributed by atoms with Gasteiger partial charge in [0.2, 0.25) is 0 Å². The van der Waals surface area contributed by atoms with Gasteiger partial charge in [0, 0.05) is 49.1 Å². The van der Waals surface area contributed by atoms with Gasteiger partial charge in [0.1, 0.15) is 12.1 Å². The summed E-state index contributed by atoms with van der Waals surface area (Å²) in [6.07, 6.45) is 3.13. The number of carbonyl (C=O) groups is 1. The summed E-state index contributed by atoms with van der Waals surface area (Å²) >= 11 is 0. The molecule has 0 atom stereocenters. The molecule has 0 spiro atoms. The number of hydrogen-bond acceptors (Lipinski definition) is 5. The van der Waals surface area contributed by atoms with Crippen molar-refractivity contribution < 1.29 is 9.18 Å². The molecule has 1 aromatic heterocycles. The van der Waals surface area contributed by atoms with Gasteiger partial charge in [0.05, 0.1) is 11.1 Å². The smallest absolute Gasteiger partial charge is 0.250 e. The number of fused-ring (bicyclic) bond motifs is 1. The Morgan fingerprint density at radius 3 is 2.52 bits per heavy atom. The van der Waals surface area contributed by atoms with Crippen molar-refractivity contribution in [1.82, 2.24) is 9.97 Å². The molecule has 1 aliphatic rings. The van der Waals surface area contributed by atoms with Crippen molar-refractivity contribution in [3.63, 3.8) is 0 Å². The van der Waals surface area contributed by atoms with Gasteiger partial charge in [-0.05, 0) is 30.3 Å². The molecule has 0 unspecified atom stereocenters. The summed E-state index contributed by atoms with van der Waals surface area (Å²) in [6, 6.07) is 10.3. The normalized spacial score (nSPS) is 14.1. The highest BCUT2D eigenvalue weighted by Gasteiger charge is 2.21. The minimum absolute atomic E-state index is 0. The van der Waals surface area contributed by atoms with E-state index >= 15 is 0 Å². The van der Waals surface area contributed by atoms with Gasteiger partial charge in [-0.2, -0.15) is 0 Å². The molecule has 27 heavy (non-hydrogen) atoms. The van der Waals surface area contributed by atoms with E-state index < -0.39 is 5.91 Å². The number of nitrogens with zero attached hydrogens (tertiary/aromatic N) is 4. The Labute approximate surface area is 157 Å². The van der Waals surface area contributed by atoms with Gasteiger partial charge < -0.3 is 15.5 Å². The van der Waals surface area contributed by atoms with E-state index in [9.17, 15) is 9.18 Å². The first-order valence-corrected chi connectivity index (χ1v) is 8.41. The maximum atomic E-state index is 13.5. The summed E-state index contributed by atoms with van der Waals surface area (Å²) in [5.41, 5.74) is 8.28. The van der Waals surface area contributed by atoms with E-state index in [1.165, 1.54) is 12.4 Å². The van der Waals surface area contributed by atoms with E-state index in [4.69, 9.17) is 5.73 Å². The Balaban J connectivity index is 0.00000210. The molecule has 1 aliphatic heterocycles. The number of primary amides is 1. The van der Waals surface area contributed by atoms with E-state index in [2.05, 4.69) is 19.8 Å². The zero-order chi connectivity index (χ0) is 18.1. The number of benzene rings is 2. The Kier molecular flexibility index (Phi) is 5.21. The minimum Gasteiger partial charge on any atom is -0.368 e. The van der Waals surface area contributed by atoms with Crippen molar-refractivity contribution in [3.8, 4) is 0 Å². The second-order valence-electron chi connectivity index (χ2n) is 6.24. The monoisotopic (exact) mass is 367 g/mol. The van der Waals surface area contributed by atoms with Crippen LogP contribution in [0.4, 0.5) is 15.8 Å². The zero-order valence-electron chi connectivity index (χ0n) is 14.1. The zero-order valence-corrected chi connectivity index (χ0v) is 14.1. The fourth-order valence-electron chi connectivity index (χ4n) is 3.42. The van der Waals surface area contributed by atoms with Crippen LogP contribution < -0.4 is 15.5 Å².